The van der Waals surface area contributed by atoms with E-state index in [-0.39, 0.29) is 11.8 Å². The summed E-state index contributed by atoms with van der Waals surface area (Å²) in [7, 11) is 0. The molecule has 1 rings (SSSR count). The van der Waals surface area contributed by atoms with Crippen LogP contribution in [0.3, 0.4) is 0 Å². The van der Waals surface area contributed by atoms with Crippen molar-refractivity contribution in [2.45, 2.75) is 40.5 Å². The van der Waals surface area contributed by atoms with Gasteiger partial charge >= 0.3 is 0 Å². The molecule has 0 fully saturated rings. The van der Waals surface area contributed by atoms with Gasteiger partial charge < -0.3 is 10.6 Å². The van der Waals surface area contributed by atoms with Gasteiger partial charge in [-0.2, -0.15) is 0 Å². The first-order valence-electron chi connectivity index (χ1n) is 7.93. The van der Waals surface area contributed by atoms with E-state index in [2.05, 4.69) is 24.1 Å². The van der Waals surface area contributed by atoms with Crippen LogP contribution in [0.15, 0.2) is 42.0 Å². The maximum atomic E-state index is 12.3. The van der Waals surface area contributed by atoms with Crippen LogP contribution in [0.4, 0.5) is 5.69 Å². The second kappa shape index (κ2) is 8.93. The molecule has 0 atom stereocenters. The second-order valence-electron chi connectivity index (χ2n) is 5.58. The van der Waals surface area contributed by atoms with E-state index in [1.165, 1.54) is 0 Å². The molecule has 0 heterocycles. The van der Waals surface area contributed by atoms with E-state index in [4.69, 9.17) is 0 Å². The molecule has 0 saturated heterocycles. The molecule has 0 aliphatic heterocycles. The Hall–Kier alpha value is -2.36. The number of unbranched alkanes of at least 4 members (excludes halogenated alkanes) is 1. The van der Waals surface area contributed by atoms with Crippen molar-refractivity contribution in [3.63, 3.8) is 0 Å². The van der Waals surface area contributed by atoms with E-state index >= 15 is 0 Å². The lowest BCUT2D eigenvalue weighted by Crippen LogP contribution is -2.24. The van der Waals surface area contributed by atoms with Crippen molar-refractivity contribution in [1.29, 1.82) is 0 Å². The average molecular weight is 314 g/mol. The van der Waals surface area contributed by atoms with E-state index in [1.807, 2.05) is 13.0 Å². The number of anilines is 1. The number of allylic oxidation sites excluding steroid dienone is 1. The van der Waals surface area contributed by atoms with Crippen molar-refractivity contribution < 1.29 is 9.59 Å². The van der Waals surface area contributed by atoms with Crippen LogP contribution < -0.4 is 10.6 Å². The second-order valence-corrected chi connectivity index (χ2v) is 5.58. The number of hydrogen-bond donors (Lipinski definition) is 2. The van der Waals surface area contributed by atoms with E-state index in [0.29, 0.717) is 28.9 Å². The van der Waals surface area contributed by atoms with Crippen LogP contribution in [0.1, 0.15) is 49.5 Å². The molecule has 1 aromatic carbocycles. The van der Waals surface area contributed by atoms with Crippen molar-refractivity contribution in [2.75, 3.05) is 11.9 Å². The van der Waals surface area contributed by atoms with Gasteiger partial charge in [0.25, 0.3) is 11.8 Å². The molecule has 0 aliphatic rings. The fourth-order valence-corrected chi connectivity index (χ4v) is 2.14. The maximum Gasteiger partial charge on any atom is 0.255 e. The molecular weight excluding hydrogens is 288 g/mol. The molecule has 0 aromatic heterocycles. The van der Waals surface area contributed by atoms with Gasteiger partial charge in [-0.1, -0.05) is 32.1 Å². The summed E-state index contributed by atoms with van der Waals surface area (Å²) in [4.78, 5) is 24.4. The Morgan fingerprint density at radius 1 is 1.30 bits per heavy atom. The first-order valence-corrected chi connectivity index (χ1v) is 7.93. The number of aryl methyl sites for hydroxylation is 1. The van der Waals surface area contributed by atoms with Gasteiger partial charge in [-0.3, -0.25) is 9.59 Å². The highest BCUT2D eigenvalue weighted by Crippen LogP contribution is 2.19. The van der Waals surface area contributed by atoms with E-state index < -0.39 is 0 Å². The summed E-state index contributed by atoms with van der Waals surface area (Å²) in [6.07, 6.45) is 3.71. The van der Waals surface area contributed by atoms with Crippen LogP contribution in [-0.4, -0.2) is 18.4 Å². The Balaban J connectivity index is 2.91. The topological polar surface area (TPSA) is 58.2 Å². The van der Waals surface area contributed by atoms with Crippen LogP contribution in [0.5, 0.6) is 0 Å². The zero-order chi connectivity index (χ0) is 17.4. The standard InChI is InChI=1S/C19H26N2O2/c1-6-8-11-20-18(22)15-10-9-14(5)17(12-15)21-19(23)16(7-2)13(3)4/h7,9-10,12H,3,6,8,11H2,1-2,4-5H3,(H,20,22)(H,21,23)/b16-7+. The molecule has 4 nitrogen and oxygen atoms in total. The first kappa shape index (κ1) is 18.7. The van der Waals surface area contributed by atoms with Crippen LogP contribution in [-0.2, 0) is 4.79 Å². The Morgan fingerprint density at radius 2 is 2.00 bits per heavy atom. The minimum Gasteiger partial charge on any atom is -0.352 e. The molecule has 1 aromatic rings. The summed E-state index contributed by atoms with van der Waals surface area (Å²) in [5, 5.41) is 5.73. The molecule has 0 saturated carbocycles. The summed E-state index contributed by atoms with van der Waals surface area (Å²) in [5.41, 5.74) is 3.33. The molecule has 23 heavy (non-hydrogen) atoms. The molecule has 0 aliphatic carbocycles. The molecule has 0 radical (unpaired) electrons. The highest BCUT2D eigenvalue weighted by atomic mass is 16.2. The van der Waals surface area contributed by atoms with Gasteiger partial charge in [0.05, 0.1) is 0 Å². The molecule has 4 heteroatoms. The number of amides is 2. The Bertz CT molecular complexity index is 630. The van der Waals surface area contributed by atoms with Gasteiger partial charge in [0.2, 0.25) is 0 Å². The third-order valence-corrected chi connectivity index (χ3v) is 3.56. The minimum absolute atomic E-state index is 0.125. The number of hydrogen-bond acceptors (Lipinski definition) is 2. The van der Waals surface area contributed by atoms with Gasteiger partial charge in [-0.25, -0.2) is 0 Å². The Labute approximate surface area is 138 Å². The summed E-state index contributed by atoms with van der Waals surface area (Å²) < 4.78 is 0. The minimum atomic E-state index is -0.216. The summed E-state index contributed by atoms with van der Waals surface area (Å²) >= 11 is 0. The van der Waals surface area contributed by atoms with Crippen molar-refractivity contribution >= 4 is 17.5 Å². The zero-order valence-corrected chi connectivity index (χ0v) is 14.5. The normalized spacial score (nSPS) is 11.0. The van der Waals surface area contributed by atoms with Crippen LogP contribution in [0.2, 0.25) is 0 Å². The predicted molar refractivity (Wildman–Crippen MR) is 95.6 cm³/mol. The molecular formula is C19H26N2O2. The predicted octanol–water partition coefficient (Wildman–Crippen LogP) is 3.99. The van der Waals surface area contributed by atoms with Gasteiger partial charge in [-0.05, 0) is 50.5 Å². The fourth-order valence-electron chi connectivity index (χ4n) is 2.14. The molecule has 124 valence electrons. The lowest BCUT2D eigenvalue weighted by Gasteiger charge is -2.12. The third kappa shape index (κ3) is 5.40. The average Bonchev–Trinajstić information content (AvgIpc) is 2.49. The molecule has 0 spiro atoms. The Kier molecular flexibility index (Phi) is 7.26. The van der Waals surface area contributed by atoms with Crippen LogP contribution in [0.25, 0.3) is 0 Å². The molecule has 2 N–H and O–H groups in total. The highest BCUT2D eigenvalue weighted by Gasteiger charge is 2.13. The van der Waals surface area contributed by atoms with Crippen LogP contribution in [0, 0.1) is 6.92 Å². The monoisotopic (exact) mass is 314 g/mol. The number of benzene rings is 1. The van der Waals surface area contributed by atoms with Crippen LogP contribution >= 0.6 is 0 Å². The van der Waals surface area contributed by atoms with E-state index in [0.717, 1.165) is 18.4 Å². The Morgan fingerprint density at radius 3 is 2.57 bits per heavy atom. The zero-order valence-electron chi connectivity index (χ0n) is 14.5. The summed E-state index contributed by atoms with van der Waals surface area (Å²) in [6.45, 7) is 12.0. The van der Waals surface area contributed by atoms with Gasteiger partial charge in [0.15, 0.2) is 0 Å². The van der Waals surface area contributed by atoms with Crippen molar-refractivity contribution in [2.24, 2.45) is 0 Å². The molecule has 0 unspecified atom stereocenters. The van der Waals surface area contributed by atoms with E-state index in [9.17, 15) is 9.59 Å². The number of nitrogens with one attached hydrogen (secondary N) is 2. The molecule has 0 bridgehead atoms. The quantitative estimate of drug-likeness (QED) is 0.454. The number of carbonyl (C=O) groups excluding carboxylic acids is 2. The van der Waals surface area contributed by atoms with Crippen molar-refractivity contribution in [3.05, 3.63) is 53.1 Å². The number of carbonyl (C=O) groups is 2. The van der Waals surface area contributed by atoms with Gasteiger partial charge in [-0.15, -0.1) is 0 Å². The van der Waals surface area contributed by atoms with Gasteiger partial charge in [0, 0.05) is 23.4 Å². The third-order valence-electron chi connectivity index (χ3n) is 3.56. The highest BCUT2D eigenvalue weighted by molar-refractivity contribution is 6.07. The molecule has 2 amide bonds. The lowest BCUT2D eigenvalue weighted by atomic mass is 10.1. The summed E-state index contributed by atoms with van der Waals surface area (Å²) in [5.74, 6) is -0.341. The first-order chi connectivity index (χ1) is 10.9. The largest absolute Gasteiger partial charge is 0.352 e. The maximum absolute atomic E-state index is 12.3. The smallest absolute Gasteiger partial charge is 0.255 e. The summed E-state index contributed by atoms with van der Waals surface area (Å²) in [6, 6.07) is 5.31. The fraction of sp³-hybridized carbons (Fsp3) is 0.368. The van der Waals surface area contributed by atoms with E-state index in [1.54, 1.807) is 32.1 Å². The SMILES string of the molecule is C=C(C)/C(=C\C)C(=O)Nc1cc(C(=O)NCCCC)ccc1C. The van der Waals surface area contributed by atoms with Crippen molar-refractivity contribution in [1.82, 2.24) is 5.32 Å². The van der Waals surface area contributed by atoms with Crippen molar-refractivity contribution in [3.8, 4) is 0 Å². The number of rotatable bonds is 7. The lowest BCUT2D eigenvalue weighted by molar-refractivity contribution is -0.112. The van der Waals surface area contributed by atoms with Gasteiger partial charge in [0.1, 0.15) is 0 Å².